The Balaban J connectivity index is 1.99. The fourth-order valence-corrected chi connectivity index (χ4v) is 3.89. The average Bonchev–Trinajstić information content (AvgIpc) is 2.84. The molecule has 102 valence electrons. The van der Waals surface area contributed by atoms with Crippen molar-refractivity contribution in [2.45, 2.75) is 12.5 Å². The lowest BCUT2D eigenvalue weighted by Crippen LogP contribution is -2.02. The molecule has 1 unspecified atom stereocenters. The third-order valence-corrected chi connectivity index (χ3v) is 5.17. The SMILES string of the molecule is OC(Cc1cc(Br)cs1)c1ccc(Cl)c2cccnc12. The van der Waals surface area contributed by atoms with Gasteiger partial charge in [0.05, 0.1) is 11.6 Å². The summed E-state index contributed by atoms with van der Waals surface area (Å²) in [5.74, 6) is 0. The first kappa shape index (κ1) is 14.0. The molecule has 0 aliphatic rings. The number of aromatic nitrogens is 1. The van der Waals surface area contributed by atoms with Crippen molar-refractivity contribution in [3.05, 3.63) is 61.8 Å². The van der Waals surface area contributed by atoms with Crippen LogP contribution in [-0.4, -0.2) is 10.1 Å². The van der Waals surface area contributed by atoms with E-state index in [2.05, 4.69) is 20.9 Å². The molecule has 2 nitrogen and oxygen atoms in total. The zero-order chi connectivity index (χ0) is 14.1. The number of aliphatic hydroxyl groups excluding tert-OH is 1. The lowest BCUT2D eigenvalue weighted by Gasteiger charge is -2.13. The zero-order valence-corrected chi connectivity index (χ0v) is 13.5. The average molecular weight is 369 g/mol. The normalized spacial score (nSPS) is 12.8. The summed E-state index contributed by atoms with van der Waals surface area (Å²) < 4.78 is 1.05. The predicted molar refractivity (Wildman–Crippen MR) is 87.4 cm³/mol. The maximum absolute atomic E-state index is 10.5. The van der Waals surface area contributed by atoms with Crippen LogP contribution < -0.4 is 0 Å². The first-order chi connectivity index (χ1) is 9.65. The Bertz CT molecular complexity index is 758. The molecule has 3 aromatic rings. The third kappa shape index (κ3) is 2.74. The van der Waals surface area contributed by atoms with Crippen molar-refractivity contribution in [3.8, 4) is 0 Å². The van der Waals surface area contributed by atoms with E-state index in [1.807, 2.05) is 35.7 Å². The molecule has 0 saturated heterocycles. The van der Waals surface area contributed by atoms with Gasteiger partial charge in [-0.1, -0.05) is 17.7 Å². The lowest BCUT2D eigenvalue weighted by molar-refractivity contribution is 0.181. The summed E-state index contributed by atoms with van der Waals surface area (Å²) in [5.41, 5.74) is 1.58. The number of nitrogens with zero attached hydrogens (tertiary/aromatic N) is 1. The Morgan fingerprint density at radius 1 is 1.35 bits per heavy atom. The summed E-state index contributed by atoms with van der Waals surface area (Å²) in [6, 6.07) is 9.46. The number of halogens is 2. The molecule has 1 aromatic carbocycles. The van der Waals surface area contributed by atoms with E-state index in [0.29, 0.717) is 11.4 Å². The van der Waals surface area contributed by atoms with Gasteiger partial charge in [0, 0.05) is 43.3 Å². The van der Waals surface area contributed by atoms with E-state index < -0.39 is 6.10 Å². The monoisotopic (exact) mass is 367 g/mol. The van der Waals surface area contributed by atoms with Crippen LogP contribution in [0.15, 0.2) is 46.4 Å². The molecule has 1 atom stereocenters. The standard InChI is InChI=1S/C15H11BrClNOS/c16-9-6-10(20-8-9)7-14(19)12-3-4-13(17)11-2-1-5-18-15(11)12/h1-6,8,14,19H,7H2. The van der Waals surface area contributed by atoms with Crippen molar-refractivity contribution < 1.29 is 5.11 Å². The van der Waals surface area contributed by atoms with Crippen LogP contribution in [0.5, 0.6) is 0 Å². The number of thiophene rings is 1. The van der Waals surface area contributed by atoms with Crippen molar-refractivity contribution in [1.82, 2.24) is 4.98 Å². The number of hydrogen-bond acceptors (Lipinski definition) is 3. The molecule has 5 heteroatoms. The van der Waals surface area contributed by atoms with Gasteiger partial charge in [0.1, 0.15) is 0 Å². The van der Waals surface area contributed by atoms with E-state index in [0.717, 1.165) is 25.8 Å². The molecule has 0 saturated carbocycles. The minimum absolute atomic E-state index is 0.573. The van der Waals surface area contributed by atoms with E-state index in [4.69, 9.17) is 11.6 Å². The fourth-order valence-electron chi connectivity index (χ4n) is 2.19. The van der Waals surface area contributed by atoms with Crippen LogP contribution >= 0.6 is 38.9 Å². The van der Waals surface area contributed by atoms with Crippen LogP contribution in [-0.2, 0) is 6.42 Å². The lowest BCUT2D eigenvalue weighted by atomic mass is 10.0. The highest BCUT2D eigenvalue weighted by atomic mass is 79.9. The van der Waals surface area contributed by atoms with Crippen LogP contribution in [0.25, 0.3) is 10.9 Å². The second kappa shape index (κ2) is 5.82. The quantitative estimate of drug-likeness (QED) is 0.706. The van der Waals surface area contributed by atoms with E-state index in [1.165, 1.54) is 0 Å². The van der Waals surface area contributed by atoms with E-state index in [-0.39, 0.29) is 0 Å². The Kier molecular flexibility index (Phi) is 4.08. The molecular weight excluding hydrogens is 358 g/mol. The topological polar surface area (TPSA) is 33.1 Å². The van der Waals surface area contributed by atoms with Gasteiger partial charge >= 0.3 is 0 Å². The van der Waals surface area contributed by atoms with Gasteiger partial charge in [-0.05, 0) is 40.2 Å². The molecule has 0 aliphatic carbocycles. The largest absolute Gasteiger partial charge is 0.388 e. The molecule has 1 N–H and O–H groups in total. The highest BCUT2D eigenvalue weighted by Gasteiger charge is 2.15. The molecule has 0 aliphatic heterocycles. The Morgan fingerprint density at radius 3 is 2.95 bits per heavy atom. The zero-order valence-electron chi connectivity index (χ0n) is 10.4. The summed E-state index contributed by atoms with van der Waals surface area (Å²) in [6.07, 6.45) is 1.70. The molecular formula is C15H11BrClNOS. The molecule has 20 heavy (non-hydrogen) atoms. The molecule has 0 spiro atoms. The molecule has 3 rings (SSSR count). The summed E-state index contributed by atoms with van der Waals surface area (Å²) in [6.45, 7) is 0. The van der Waals surface area contributed by atoms with Crippen molar-refractivity contribution in [1.29, 1.82) is 0 Å². The molecule has 2 aromatic heterocycles. The number of rotatable bonds is 3. The number of hydrogen-bond donors (Lipinski definition) is 1. The van der Waals surface area contributed by atoms with Crippen molar-refractivity contribution in [3.63, 3.8) is 0 Å². The van der Waals surface area contributed by atoms with Gasteiger partial charge in [0.25, 0.3) is 0 Å². The minimum atomic E-state index is -0.588. The first-order valence-electron chi connectivity index (χ1n) is 6.09. The molecule has 0 bridgehead atoms. The molecule has 2 heterocycles. The van der Waals surface area contributed by atoms with Gasteiger partial charge in [-0.25, -0.2) is 0 Å². The van der Waals surface area contributed by atoms with Crippen LogP contribution in [0.3, 0.4) is 0 Å². The Hall–Kier alpha value is -0.940. The van der Waals surface area contributed by atoms with Crippen LogP contribution in [0, 0.1) is 0 Å². The van der Waals surface area contributed by atoms with Crippen LogP contribution in [0.2, 0.25) is 5.02 Å². The number of fused-ring (bicyclic) bond motifs is 1. The van der Waals surface area contributed by atoms with E-state index in [9.17, 15) is 5.11 Å². The van der Waals surface area contributed by atoms with Crippen LogP contribution in [0.1, 0.15) is 16.5 Å². The van der Waals surface area contributed by atoms with Gasteiger partial charge in [0.2, 0.25) is 0 Å². The van der Waals surface area contributed by atoms with Crippen LogP contribution in [0.4, 0.5) is 0 Å². The number of benzene rings is 1. The van der Waals surface area contributed by atoms with Crippen molar-refractivity contribution >= 4 is 49.8 Å². The highest BCUT2D eigenvalue weighted by molar-refractivity contribution is 9.10. The molecule has 0 amide bonds. The molecule has 0 fully saturated rings. The number of aliphatic hydroxyl groups is 1. The Morgan fingerprint density at radius 2 is 2.20 bits per heavy atom. The summed E-state index contributed by atoms with van der Waals surface area (Å²) >= 11 is 11.2. The van der Waals surface area contributed by atoms with E-state index >= 15 is 0 Å². The van der Waals surface area contributed by atoms with Gasteiger partial charge in [0.15, 0.2) is 0 Å². The number of pyridine rings is 1. The maximum atomic E-state index is 10.5. The van der Waals surface area contributed by atoms with Gasteiger partial charge in [-0.2, -0.15) is 0 Å². The fraction of sp³-hybridized carbons (Fsp3) is 0.133. The first-order valence-corrected chi connectivity index (χ1v) is 8.14. The second-order valence-corrected chi connectivity index (χ2v) is 6.81. The molecule has 0 radical (unpaired) electrons. The van der Waals surface area contributed by atoms with Crippen molar-refractivity contribution in [2.75, 3.05) is 0 Å². The summed E-state index contributed by atoms with van der Waals surface area (Å²) in [5, 5.41) is 14.0. The summed E-state index contributed by atoms with van der Waals surface area (Å²) in [7, 11) is 0. The van der Waals surface area contributed by atoms with Gasteiger partial charge in [-0.15, -0.1) is 11.3 Å². The minimum Gasteiger partial charge on any atom is -0.388 e. The van der Waals surface area contributed by atoms with Gasteiger partial charge in [-0.3, -0.25) is 4.98 Å². The second-order valence-electron chi connectivity index (χ2n) is 4.49. The highest BCUT2D eigenvalue weighted by Crippen LogP contribution is 2.31. The summed E-state index contributed by atoms with van der Waals surface area (Å²) in [4.78, 5) is 5.49. The van der Waals surface area contributed by atoms with Crippen molar-refractivity contribution in [2.24, 2.45) is 0 Å². The van der Waals surface area contributed by atoms with E-state index in [1.54, 1.807) is 17.5 Å². The smallest absolute Gasteiger partial charge is 0.0859 e. The van der Waals surface area contributed by atoms with Gasteiger partial charge < -0.3 is 5.11 Å². The maximum Gasteiger partial charge on any atom is 0.0859 e. The Labute approximate surface area is 134 Å². The third-order valence-electron chi connectivity index (χ3n) is 3.12. The predicted octanol–water partition coefficient (Wildman–Crippen LogP) is 4.99.